The van der Waals surface area contributed by atoms with E-state index in [-0.39, 0.29) is 12.1 Å². The van der Waals surface area contributed by atoms with Gasteiger partial charge in [0.05, 0.1) is 6.10 Å². The molecule has 0 saturated carbocycles. The summed E-state index contributed by atoms with van der Waals surface area (Å²) in [4.78, 5) is 6.61. The maximum Gasteiger partial charge on any atom is 0.128 e. The summed E-state index contributed by atoms with van der Waals surface area (Å²) in [6, 6.07) is 4.04. The second-order valence-electron chi connectivity index (χ2n) is 4.97. The van der Waals surface area contributed by atoms with Crippen LogP contribution in [0.4, 0.5) is 5.82 Å². The van der Waals surface area contributed by atoms with Gasteiger partial charge in [-0.1, -0.05) is 0 Å². The normalized spacial score (nSPS) is 23.8. The van der Waals surface area contributed by atoms with E-state index in [1.807, 2.05) is 26.1 Å². The molecule has 0 bridgehead atoms. The highest BCUT2D eigenvalue weighted by atomic mass is 16.3. The van der Waals surface area contributed by atoms with Crippen LogP contribution in [0.15, 0.2) is 18.3 Å². The summed E-state index contributed by atoms with van der Waals surface area (Å²) < 4.78 is 0. The van der Waals surface area contributed by atoms with Crippen molar-refractivity contribution < 1.29 is 5.11 Å². The maximum absolute atomic E-state index is 9.59. The minimum Gasteiger partial charge on any atom is -0.393 e. The predicted octanol–water partition coefficient (Wildman–Crippen LogP) is 1.31. The van der Waals surface area contributed by atoms with Crippen molar-refractivity contribution in [1.29, 1.82) is 0 Å². The number of aliphatic hydroxyl groups excluding tert-OH is 1. The third kappa shape index (κ3) is 2.76. The van der Waals surface area contributed by atoms with Crippen molar-refractivity contribution >= 4 is 5.82 Å². The van der Waals surface area contributed by atoms with E-state index in [1.54, 1.807) is 0 Å². The number of aliphatic hydroxyl groups is 1. The van der Waals surface area contributed by atoms with Crippen molar-refractivity contribution in [2.75, 3.05) is 18.0 Å². The van der Waals surface area contributed by atoms with Crippen LogP contribution in [0.5, 0.6) is 0 Å². The highest BCUT2D eigenvalue weighted by Crippen LogP contribution is 2.25. The van der Waals surface area contributed by atoms with Gasteiger partial charge in [0.1, 0.15) is 5.82 Å². The Morgan fingerprint density at radius 1 is 1.53 bits per heavy atom. The number of hydrogen-bond donors (Lipinski definition) is 2. The lowest BCUT2D eigenvalue weighted by atomic mass is 10.0. The van der Waals surface area contributed by atoms with Gasteiger partial charge in [0, 0.05) is 31.2 Å². The Balaban J connectivity index is 2.11. The van der Waals surface area contributed by atoms with Crippen LogP contribution >= 0.6 is 0 Å². The van der Waals surface area contributed by atoms with Gasteiger partial charge < -0.3 is 15.7 Å². The summed E-state index contributed by atoms with van der Waals surface area (Å²) in [5, 5.41) is 9.59. The van der Waals surface area contributed by atoms with E-state index in [2.05, 4.69) is 16.0 Å². The zero-order chi connectivity index (χ0) is 12.4. The minimum absolute atomic E-state index is 0.0342. The fraction of sp³-hybridized carbons (Fsp3) is 0.615. The van der Waals surface area contributed by atoms with E-state index < -0.39 is 0 Å². The quantitative estimate of drug-likeness (QED) is 0.829. The number of nitrogens with zero attached hydrogens (tertiary/aromatic N) is 2. The van der Waals surface area contributed by atoms with Crippen LogP contribution in [0.25, 0.3) is 0 Å². The molecule has 1 aromatic rings. The number of nitrogens with two attached hydrogens (primary N) is 1. The zero-order valence-electron chi connectivity index (χ0n) is 10.5. The Morgan fingerprint density at radius 2 is 2.29 bits per heavy atom. The fourth-order valence-electron chi connectivity index (χ4n) is 2.28. The molecule has 0 aromatic carbocycles. The first-order chi connectivity index (χ1) is 8.08. The van der Waals surface area contributed by atoms with Crippen LogP contribution in [0, 0.1) is 5.92 Å². The first kappa shape index (κ1) is 12.3. The van der Waals surface area contributed by atoms with Crippen molar-refractivity contribution in [2.24, 2.45) is 11.7 Å². The van der Waals surface area contributed by atoms with Gasteiger partial charge >= 0.3 is 0 Å². The molecular formula is C13H21N3O. The van der Waals surface area contributed by atoms with Crippen LogP contribution in [-0.2, 0) is 0 Å². The van der Waals surface area contributed by atoms with E-state index in [0.29, 0.717) is 5.92 Å². The number of anilines is 1. The van der Waals surface area contributed by atoms with Crippen molar-refractivity contribution in [3.05, 3.63) is 23.9 Å². The number of rotatable bonds is 3. The van der Waals surface area contributed by atoms with Gasteiger partial charge in [-0.25, -0.2) is 4.98 Å². The number of hydrogen-bond acceptors (Lipinski definition) is 4. The third-order valence-corrected chi connectivity index (χ3v) is 3.53. The molecule has 1 fully saturated rings. The molecule has 0 radical (unpaired) electrons. The molecule has 2 rings (SSSR count). The van der Waals surface area contributed by atoms with E-state index in [9.17, 15) is 5.11 Å². The van der Waals surface area contributed by atoms with Gasteiger partial charge in [-0.3, -0.25) is 0 Å². The molecule has 4 heteroatoms. The molecule has 17 heavy (non-hydrogen) atoms. The van der Waals surface area contributed by atoms with E-state index in [0.717, 1.165) is 30.9 Å². The fourth-order valence-corrected chi connectivity index (χ4v) is 2.28. The standard InChI is InChI=1S/C13H21N3O/c1-9(14)11-3-5-15-13(7-11)16-6-4-12(8-16)10(2)17/h3,5,7,9-10,12,17H,4,6,8,14H2,1-2H3. The SMILES string of the molecule is CC(N)c1ccnc(N2CCC(C(C)O)C2)c1. The number of pyridine rings is 1. The van der Waals surface area contributed by atoms with E-state index in [4.69, 9.17) is 5.73 Å². The van der Waals surface area contributed by atoms with Gasteiger partial charge in [0.2, 0.25) is 0 Å². The van der Waals surface area contributed by atoms with Crippen molar-refractivity contribution in [3.8, 4) is 0 Å². The zero-order valence-corrected chi connectivity index (χ0v) is 10.5. The van der Waals surface area contributed by atoms with Gasteiger partial charge in [-0.2, -0.15) is 0 Å². The Labute approximate surface area is 102 Å². The molecule has 1 aromatic heterocycles. The molecule has 94 valence electrons. The molecular weight excluding hydrogens is 214 g/mol. The van der Waals surface area contributed by atoms with Gasteiger partial charge in [0.25, 0.3) is 0 Å². The summed E-state index contributed by atoms with van der Waals surface area (Å²) in [7, 11) is 0. The van der Waals surface area contributed by atoms with Crippen molar-refractivity contribution in [1.82, 2.24) is 4.98 Å². The molecule has 0 spiro atoms. The monoisotopic (exact) mass is 235 g/mol. The average Bonchev–Trinajstić information content (AvgIpc) is 2.78. The van der Waals surface area contributed by atoms with Crippen LogP contribution < -0.4 is 10.6 Å². The van der Waals surface area contributed by atoms with Crippen LogP contribution in [0.3, 0.4) is 0 Å². The van der Waals surface area contributed by atoms with Gasteiger partial charge in [-0.15, -0.1) is 0 Å². The first-order valence-corrected chi connectivity index (χ1v) is 6.22. The van der Waals surface area contributed by atoms with Crippen molar-refractivity contribution in [3.63, 3.8) is 0 Å². The van der Waals surface area contributed by atoms with Crippen LogP contribution in [0.1, 0.15) is 31.9 Å². The smallest absolute Gasteiger partial charge is 0.128 e. The Hall–Kier alpha value is -1.13. The molecule has 1 saturated heterocycles. The molecule has 0 amide bonds. The van der Waals surface area contributed by atoms with Crippen molar-refractivity contribution in [2.45, 2.75) is 32.4 Å². The van der Waals surface area contributed by atoms with Gasteiger partial charge in [0.15, 0.2) is 0 Å². The molecule has 3 unspecified atom stereocenters. The second kappa shape index (κ2) is 5.02. The summed E-state index contributed by atoms with van der Waals surface area (Å²) in [6.45, 7) is 5.68. The average molecular weight is 235 g/mol. The highest BCUT2D eigenvalue weighted by Gasteiger charge is 2.26. The lowest BCUT2D eigenvalue weighted by Gasteiger charge is -2.19. The first-order valence-electron chi connectivity index (χ1n) is 6.22. The molecule has 3 atom stereocenters. The van der Waals surface area contributed by atoms with E-state index in [1.165, 1.54) is 0 Å². The molecule has 0 aliphatic carbocycles. The Bertz CT molecular complexity index is 379. The molecule has 1 aliphatic rings. The molecule has 1 aliphatic heterocycles. The van der Waals surface area contributed by atoms with Crippen LogP contribution in [-0.4, -0.2) is 29.3 Å². The topological polar surface area (TPSA) is 62.4 Å². The second-order valence-corrected chi connectivity index (χ2v) is 4.97. The lowest BCUT2D eigenvalue weighted by molar-refractivity contribution is 0.136. The molecule has 2 heterocycles. The Morgan fingerprint density at radius 3 is 2.88 bits per heavy atom. The van der Waals surface area contributed by atoms with Crippen LogP contribution in [0.2, 0.25) is 0 Å². The lowest BCUT2D eigenvalue weighted by Crippen LogP contribution is -2.24. The Kier molecular flexibility index (Phi) is 3.64. The predicted molar refractivity (Wildman–Crippen MR) is 68.8 cm³/mol. The summed E-state index contributed by atoms with van der Waals surface area (Å²) in [5.41, 5.74) is 6.98. The molecule has 3 N–H and O–H groups in total. The highest BCUT2D eigenvalue weighted by molar-refractivity contribution is 5.42. The summed E-state index contributed by atoms with van der Waals surface area (Å²) in [6.07, 6.45) is 2.60. The third-order valence-electron chi connectivity index (χ3n) is 3.53. The van der Waals surface area contributed by atoms with E-state index >= 15 is 0 Å². The largest absolute Gasteiger partial charge is 0.393 e. The summed E-state index contributed by atoms with van der Waals surface area (Å²) in [5.74, 6) is 1.33. The van der Waals surface area contributed by atoms with Gasteiger partial charge in [-0.05, 0) is 38.0 Å². The number of aromatic nitrogens is 1. The minimum atomic E-state index is -0.239. The maximum atomic E-state index is 9.59. The summed E-state index contributed by atoms with van der Waals surface area (Å²) >= 11 is 0. The molecule has 4 nitrogen and oxygen atoms in total.